The van der Waals surface area contributed by atoms with Crippen LogP contribution in [0.2, 0.25) is 0 Å². The fraction of sp³-hybridized carbons (Fsp3) is 0.500. The third-order valence-corrected chi connectivity index (χ3v) is 6.93. The van der Waals surface area contributed by atoms with Crippen LogP contribution in [0.1, 0.15) is 19.3 Å². The minimum absolute atomic E-state index is 0.0570. The Bertz CT molecular complexity index is 819. The molecule has 0 spiro atoms. The molecule has 1 aromatic rings. The third-order valence-electron chi connectivity index (χ3n) is 4.88. The molecule has 24 heavy (non-hydrogen) atoms. The number of nitrogens with zero attached hydrogens (tertiary/aromatic N) is 1. The van der Waals surface area contributed by atoms with Gasteiger partial charge >= 0.3 is 0 Å². The minimum Gasteiger partial charge on any atom is -0.311 e. The van der Waals surface area contributed by atoms with Crippen LogP contribution in [0.5, 0.6) is 0 Å². The number of carbonyl (C=O) groups is 1. The highest BCUT2D eigenvalue weighted by Crippen LogP contribution is 2.35. The van der Waals surface area contributed by atoms with Gasteiger partial charge in [-0.1, -0.05) is 0 Å². The smallest absolute Gasteiger partial charge is 0.189 e. The van der Waals surface area contributed by atoms with Crippen LogP contribution in [0.4, 0.5) is 8.78 Å². The Morgan fingerprint density at radius 1 is 1.21 bits per heavy atom. The minimum atomic E-state index is -4.13. The highest BCUT2D eigenvalue weighted by Gasteiger charge is 2.46. The zero-order valence-corrected chi connectivity index (χ0v) is 13.5. The monoisotopic (exact) mass is 354 g/mol. The van der Waals surface area contributed by atoms with E-state index >= 15 is 0 Å². The van der Waals surface area contributed by atoms with Crippen LogP contribution in [-0.4, -0.2) is 32.0 Å². The van der Waals surface area contributed by atoms with Crippen molar-refractivity contribution in [2.75, 3.05) is 6.54 Å². The zero-order valence-electron chi connectivity index (χ0n) is 12.7. The molecule has 1 saturated carbocycles. The number of ketones is 1. The molecule has 1 aliphatic carbocycles. The Morgan fingerprint density at radius 3 is 2.62 bits per heavy atom. The van der Waals surface area contributed by atoms with Gasteiger partial charge in [0.05, 0.1) is 11.0 Å². The Kier molecular flexibility index (Phi) is 4.40. The highest BCUT2D eigenvalue weighted by atomic mass is 32.2. The van der Waals surface area contributed by atoms with Gasteiger partial charge < -0.3 is 5.32 Å². The van der Waals surface area contributed by atoms with Gasteiger partial charge in [-0.05, 0) is 37.5 Å². The number of piperidine rings is 1. The van der Waals surface area contributed by atoms with Crippen LogP contribution in [-0.2, 0) is 14.6 Å². The van der Waals surface area contributed by atoms with Gasteiger partial charge in [-0.2, -0.15) is 5.26 Å². The molecular formula is C16H16F2N2O3S. The second kappa shape index (κ2) is 6.22. The summed E-state index contributed by atoms with van der Waals surface area (Å²) >= 11 is 0. The first-order valence-electron chi connectivity index (χ1n) is 7.70. The van der Waals surface area contributed by atoms with Crippen LogP contribution < -0.4 is 5.32 Å². The van der Waals surface area contributed by atoms with Gasteiger partial charge in [-0.25, -0.2) is 17.2 Å². The maximum Gasteiger partial charge on any atom is 0.189 e. The summed E-state index contributed by atoms with van der Waals surface area (Å²) in [6.45, 7) is -0.0570. The first-order chi connectivity index (χ1) is 11.3. The van der Waals surface area contributed by atoms with Crippen molar-refractivity contribution >= 4 is 15.6 Å². The fourth-order valence-electron chi connectivity index (χ4n) is 3.53. The maximum absolute atomic E-state index is 13.4. The summed E-state index contributed by atoms with van der Waals surface area (Å²) in [5, 5.41) is 10.8. The molecule has 0 bridgehead atoms. The summed E-state index contributed by atoms with van der Waals surface area (Å²) in [7, 11) is -4.13. The molecule has 0 aromatic heterocycles. The number of sulfone groups is 1. The van der Waals surface area contributed by atoms with E-state index in [1.54, 1.807) is 0 Å². The normalized spacial score (nSPS) is 30.5. The molecule has 1 heterocycles. The van der Waals surface area contributed by atoms with Crippen molar-refractivity contribution < 1.29 is 22.0 Å². The second-order valence-electron chi connectivity index (χ2n) is 6.27. The van der Waals surface area contributed by atoms with E-state index < -0.39 is 43.3 Å². The van der Waals surface area contributed by atoms with Gasteiger partial charge in [0.2, 0.25) is 0 Å². The summed E-state index contributed by atoms with van der Waals surface area (Å²) in [5.74, 6) is -3.66. The second-order valence-corrected chi connectivity index (χ2v) is 8.40. The first kappa shape index (κ1) is 17.0. The van der Waals surface area contributed by atoms with Gasteiger partial charge in [0.15, 0.2) is 27.3 Å². The molecule has 2 aliphatic rings. The molecule has 2 fully saturated rings. The topological polar surface area (TPSA) is 87.0 Å². The molecule has 3 rings (SSSR count). The number of halogens is 2. The number of carbonyl (C=O) groups excluding carboxylic acids is 1. The van der Waals surface area contributed by atoms with E-state index in [-0.39, 0.29) is 18.5 Å². The van der Waals surface area contributed by atoms with E-state index in [0.29, 0.717) is 25.3 Å². The number of Topliss-reactive ketones (excluding diaryl/α,β-unsaturated/α-hetero) is 1. The number of nitriles is 1. The number of nitrogens with one attached hydrogen (secondary N) is 1. The van der Waals surface area contributed by atoms with Crippen molar-refractivity contribution in [3.05, 3.63) is 29.8 Å². The van der Waals surface area contributed by atoms with Crippen LogP contribution in [0.25, 0.3) is 0 Å². The van der Waals surface area contributed by atoms with E-state index in [1.807, 2.05) is 0 Å². The highest BCUT2D eigenvalue weighted by molar-refractivity contribution is 7.92. The summed E-state index contributed by atoms with van der Waals surface area (Å²) in [4.78, 5) is 12.3. The molecule has 8 heteroatoms. The van der Waals surface area contributed by atoms with Crippen LogP contribution in [0.15, 0.2) is 23.1 Å². The first-order valence-corrected chi connectivity index (χ1v) is 9.25. The predicted molar refractivity (Wildman–Crippen MR) is 80.6 cm³/mol. The van der Waals surface area contributed by atoms with Crippen molar-refractivity contribution in [2.24, 2.45) is 11.8 Å². The number of hydrogen-bond acceptors (Lipinski definition) is 5. The van der Waals surface area contributed by atoms with Crippen molar-refractivity contribution in [3.63, 3.8) is 0 Å². The summed E-state index contributed by atoms with van der Waals surface area (Å²) in [6.07, 6.45) is 1.65. The van der Waals surface area contributed by atoms with Gasteiger partial charge in [-0.15, -0.1) is 0 Å². The fourth-order valence-corrected chi connectivity index (χ4v) is 5.18. The lowest BCUT2D eigenvalue weighted by molar-refractivity contribution is -0.126. The summed E-state index contributed by atoms with van der Waals surface area (Å²) < 4.78 is 51.7. The summed E-state index contributed by atoms with van der Waals surface area (Å²) in [6, 6.07) is 4.31. The van der Waals surface area contributed by atoms with Crippen LogP contribution in [0.3, 0.4) is 0 Å². The lowest BCUT2D eigenvalue weighted by atomic mass is 9.74. The average molecular weight is 354 g/mol. The number of hydrogen-bond donors (Lipinski definition) is 1. The quantitative estimate of drug-likeness (QED) is 0.815. The lowest BCUT2D eigenvalue weighted by Crippen LogP contribution is -2.58. The molecule has 4 atom stereocenters. The Balaban J connectivity index is 1.90. The van der Waals surface area contributed by atoms with Gasteiger partial charge in [-0.3, -0.25) is 4.79 Å². The molecule has 1 aromatic carbocycles. The number of fused-ring (bicyclic) bond motifs is 1. The molecule has 128 valence electrons. The van der Waals surface area contributed by atoms with Gasteiger partial charge in [0, 0.05) is 24.4 Å². The zero-order chi connectivity index (χ0) is 17.5. The Labute approximate surface area is 138 Å². The standard InChI is InChI=1S/C16H16F2N2O3S/c17-12-3-2-10(6-13(12)18)24(22,23)15-8-20-14-4-1-9(7-19)5-11(14)16(15)21/h2-3,6,9,11,14-15,20H,1,4-5,8H2. The van der Waals surface area contributed by atoms with Crippen molar-refractivity contribution in [2.45, 2.75) is 35.4 Å². The molecule has 1 saturated heterocycles. The predicted octanol–water partition coefficient (Wildman–Crippen LogP) is 1.59. The number of benzene rings is 1. The van der Waals surface area contributed by atoms with Crippen LogP contribution in [0, 0.1) is 34.8 Å². The molecule has 0 amide bonds. The SMILES string of the molecule is N#CC1CCC2NCC(S(=O)(=O)c3ccc(F)c(F)c3)C(=O)C2C1. The average Bonchev–Trinajstić information content (AvgIpc) is 2.57. The number of rotatable bonds is 2. The van der Waals surface area contributed by atoms with Crippen molar-refractivity contribution in [3.8, 4) is 6.07 Å². The van der Waals surface area contributed by atoms with Crippen molar-refractivity contribution in [1.29, 1.82) is 5.26 Å². The van der Waals surface area contributed by atoms with Crippen molar-refractivity contribution in [1.82, 2.24) is 5.32 Å². The molecule has 1 N–H and O–H groups in total. The Hall–Kier alpha value is -1.85. The summed E-state index contributed by atoms with van der Waals surface area (Å²) in [5.41, 5.74) is 0. The van der Waals surface area contributed by atoms with Gasteiger partial charge in [0.25, 0.3) is 0 Å². The van der Waals surface area contributed by atoms with Gasteiger partial charge in [0.1, 0.15) is 5.25 Å². The maximum atomic E-state index is 13.4. The molecule has 0 radical (unpaired) electrons. The van der Waals surface area contributed by atoms with E-state index in [2.05, 4.69) is 11.4 Å². The lowest BCUT2D eigenvalue weighted by Gasteiger charge is -2.39. The molecular weight excluding hydrogens is 338 g/mol. The molecule has 4 unspecified atom stereocenters. The van der Waals surface area contributed by atoms with E-state index in [1.165, 1.54) is 0 Å². The third kappa shape index (κ3) is 2.82. The van der Waals surface area contributed by atoms with Crippen LogP contribution >= 0.6 is 0 Å². The Morgan fingerprint density at radius 2 is 1.96 bits per heavy atom. The van der Waals surface area contributed by atoms with E-state index in [4.69, 9.17) is 5.26 Å². The largest absolute Gasteiger partial charge is 0.311 e. The van der Waals surface area contributed by atoms with E-state index in [9.17, 15) is 22.0 Å². The molecule has 1 aliphatic heterocycles. The van der Waals surface area contributed by atoms with E-state index in [0.717, 1.165) is 12.1 Å². The molecule has 5 nitrogen and oxygen atoms in total.